The van der Waals surface area contributed by atoms with E-state index < -0.39 is 0 Å². The summed E-state index contributed by atoms with van der Waals surface area (Å²) >= 11 is 0. The highest BCUT2D eigenvalue weighted by Crippen LogP contribution is 2.40. The van der Waals surface area contributed by atoms with Crippen molar-refractivity contribution >= 4 is 44.9 Å². The van der Waals surface area contributed by atoms with Crippen molar-refractivity contribution in [1.82, 2.24) is 14.1 Å². The molecule has 0 saturated heterocycles. The van der Waals surface area contributed by atoms with E-state index in [1.165, 1.54) is 44.1 Å². The number of rotatable bonds is 9. The fraction of sp³-hybridized carbons (Fsp3) is 0.0364. The summed E-state index contributed by atoms with van der Waals surface area (Å²) in [5.74, 6) is 0.917. The van der Waals surface area contributed by atoms with Crippen LogP contribution < -0.4 is 4.90 Å². The van der Waals surface area contributed by atoms with Gasteiger partial charge in [-0.05, 0) is 133 Å². The zero-order chi connectivity index (χ0) is 39.7. The van der Waals surface area contributed by atoms with Crippen molar-refractivity contribution in [3.63, 3.8) is 0 Å². The molecule has 0 bridgehead atoms. The molecular weight excluding hydrogens is 717 g/mol. The number of benzene rings is 8. The predicted molar refractivity (Wildman–Crippen MR) is 248 cm³/mol. The monoisotopic (exact) mass is 758 g/mol. The average Bonchev–Trinajstić information content (AvgIpc) is 3.82. The van der Waals surface area contributed by atoms with Gasteiger partial charge in [0, 0.05) is 50.5 Å². The maximum absolute atomic E-state index is 5.13. The summed E-state index contributed by atoms with van der Waals surface area (Å²) in [6.07, 6.45) is 4.13. The van der Waals surface area contributed by atoms with Crippen molar-refractivity contribution in [1.29, 1.82) is 0 Å². The third-order valence-corrected chi connectivity index (χ3v) is 11.2. The highest BCUT2D eigenvalue weighted by atomic mass is 15.1. The highest BCUT2D eigenvalue weighted by molar-refractivity contribution is 6.10. The largest absolute Gasteiger partial charge is 0.311 e. The van der Waals surface area contributed by atoms with E-state index in [1.807, 2.05) is 13.0 Å². The van der Waals surface area contributed by atoms with Crippen LogP contribution in [0.3, 0.4) is 0 Å². The van der Waals surface area contributed by atoms with Gasteiger partial charge in [0.2, 0.25) is 0 Å². The minimum atomic E-state index is 0.917. The first-order chi connectivity index (χ1) is 29.1. The smallest absolute Gasteiger partial charge is 0.145 e. The molecule has 2 heterocycles. The Morgan fingerprint density at radius 2 is 0.881 bits per heavy atom. The molecule has 0 aliphatic heterocycles. The fourth-order valence-electron chi connectivity index (χ4n) is 8.37. The van der Waals surface area contributed by atoms with Gasteiger partial charge in [-0.2, -0.15) is 0 Å². The molecule has 0 aliphatic rings. The van der Waals surface area contributed by atoms with Gasteiger partial charge in [-0.15, -0.1) is 0 Å². The summed E-state index contributed by atoms with van der Waals surface area (Å²) in [6, 6.07) is 73.8. The zero-order valence-electron chi connectivity index (χ0n) is 33.1. The fourth-order valence-corrected chi connectivity index (χ4v) is 8.37. The van der Waals surface area contributed by atoms with Gasteiger partial charge >= 0.3 is 0 Å². The van der Waals surface area contributed by atoms with Crippen LogP contribution in [0.5, 0.6) is 0 Å². The van der Waals surface area contributed by atoms with Gasteiger partial charge in [-0.25, -0.2) is 4.98 Å². The Bertz CT molecular complexity index is 3070. The Hall–Kier alpha value is -7.69. The molecular formula is C55H42N4. The van der Waals surface area contributed by atoms with E-state index in [2.05, 4.69) is 233 Å². The first kappa shape index (κ1) is 35.7. The first-order valence-corrected chi connectivity index (χ1v) is 20.2. The molecule has 0 amide bonds. The summed E-state index contributed by atoms with van der Waals surface area (Å²) in [6.45, 7) is 4.17. The van der Waals surface area contributed by atoms with Crippen LogP contribution in [0.25, 0.3) is 72.9 Å². The minimum absolute atomic E-state index is 0.917. The Balaban J connectivity index is 1.04. The molecule has 4 heteroatoms. The van der Waals surface area contributed by atoms with E-state index in [1.54, 1.807) is 0 Å². The normalized spacial score (nSPS) is 11.5. The Labute approximate surface area is 345 Å². The lowest BCUT2D eigenvalue weighted by atomic mass is 10.0. The van der Waals surface area contributed by atoms with E-state index in [0.29, 0.717) is 0 Å². The Kier molecular flexibility index (Phi) is 9.28. The van der Waals surface area contributed by atoms with Crippen molar-refractivity contribution in [2.24, 2.45) is 0 Å². The number of hydrogen-bond acceptors (Lipinski definition) is 2. The first-order valence-electron chi connectivity index (χ1n) is 20.2. The van der Waals surface area contributed by atoms with E-state index in [-0.39, 0.29) is 0 Å². The van der Waals surface area contributed by atoms with Crippen LogP contribution in [0.4, 0.5) is 17.1 Å². The Morgan fingerprint density at radius 3 is 1.47 bits per heavy atom. The minimum Gasteiger partial charge on any atom is -0.311 e. The number of para-hydroxylation sites is 3. The van der Waals surface area contributed by atoms with Gasteiger partial charge in [0.1, 0.15) is 5.82 Å². The van der Waals surface area contributed by atoms with Crippen LogP contribution in [0, 0.1) is 6.92 Å². The third kappa shape index (κ3) is 6.61. The standard InChI is InChI=1S/C55H42N4/c1-3-15-52-39(2)57(45-18-9-5-10-19-45)55(56-52)43-28-35-49(36-29-43)58(47-31-24-41(25-32-47)40-16-7-4-8-17-40)48-33-26-42(27-34-48)44-30-37-54-51(38-44)50-22-13-14-23-53(50)59(54)46-20-11-6-12-21-46/h3-38H,1-2H3/b15-3-. The van der Waals surface area contributed by atoms with Gasteiger partial charge in [0.25, 0.3) is 0 Å². The van der Waals surface area contributed by atoms with E-state index in [9.17, 15) is 0 Å². The summed E-state index contributed by atoms with van der Waals surface area (Å²) in [5.41, 5.74) is 15.7. The molecule has 0 radical (unpaired) electrons. The second-order valence-corrected chi connectivity index (χ2v) is 14.8. The quantitative estimate of drug-likeness (QED) is 0.146. The molecule has 10 rings (SSSR count). The Morgan fingerprint density at radius 1 is 0.424 bits per heavy atom. The van der Waals surface area contributed by atoms with Gasteiger partial charge in [0.05, 0.1) is 16.7 Å². The SMILES string of the molecule is C/C=C\c1nc(-c2ccc(N(c3ccc(-c4ccccc4)cc3)c3ccc(-c4ccc5c(c4)c4ccccc4n5-c4ccccc4)cc3)cc2)n(-c2ccccc2)c1C. The van der Waals surface area contributed by atoms with Crippen molar-refractivity contribution in [3.8, 4) is 45.0 Å². The molecule has 8 aromatic carbocycles. The number of nitrogens with zero attached hydrogens (tertiary/aromatic N) is 4. The lowest BCUT2D eigenvalue weighted by molar-refractivity contribution is 1.01. The predicted octanol–water partition coefficient (Wildman–Crippen LogP) is 14.8. The molecule has 0 saturated carbocycles. The molecule has 0 unspecified atom stereocenters. The number of hydrogen-bond donors (Lipinski definition) is 0. The summed E-state index contributed by atoms with van der Waals surface area (Å²) in [5, 5.41) is 2.49. The summed E-state index contributed by atoms with van der Waals surface area (Å²) in [7, 11) is 0. The number of allylic oxidation sites excluding steroid dienone is 1. The maximum atomic E-state index is 5.13. The highest BCUT2D eigenvalue weighted by Gasteiger charge is 2.19. The van der Waals surface area contributed by atoms with Crippen molar-refractivity contribution < 1.29 is 0 Å². The number of fused-ring (bicyclic) bond motifs is 3. The molecule has 0 atom stereocenters. The second-order valence-electron chi connectivity index (χ2n) is 14.8. The molecule has 0 aliphatic carbocycles. The van der Waals surface area contributed by atoms with Crippen LogP contribution in [0.15, 0.2) is 212 Å². The van der Waals surface area contributed by atoms with Crippen LogP contribution in [0.2, 0.25) is 0 Å². The molecule has 2 aromatic heterocycles. The molecule has 10 aromatic rings. The molecule has 4 nitrogen and oxygen atoms in total. The van der Waals surface area contributed by atoms with Crippen LogP contribution in [-0.4, -0.2) is 14.1 Å². The summed E-state index contributed by atoms with van der Waals surface area (Å²) in [4.78, 5) is 7.46. The van der Waals surface area contributed by atoms with Gasteiger partial charge in [-0.3, -0.25) is 4.57 Å². The summed E-state index contributed by atoms with van der Waals surface area (Å²) < 4.78 is 4.61. The van der Waals surface area contributed by atoms with Gasteiger partial charge < -0.3 is 9.47 Å². The van der Waals surface area contributed by atoms with Gasteiger partial charge in [-0.1, -0.05) is 121 Å². The lowest BCUT2D eigenvalue weighted by Crippen LogP contribution is -2.10. The maximum Gasteiger partial charge on any atom is 0.145 e. The van der Waals surface area contributed by atoms with Crippen LogP contribution in [-0.2, 0) is 0 Å². The van der Waals surface area contributed by atoms with Crippen molar-refractivity contribution in [2.75, 3.05) is 4.90 Å². The molecule has 0 spiro atoms. The zero-order valence-corrected chi connectivity index (χ0v) is 33.1. The van der Waals surface area contributed by atoms with E-state index in [0.717, 1.165) is 51.2 Å². The van der Waals surface area contributed by atoms with Crippen LogP contribution >= 0.6 is 0 Å². The number of imidazole rings is 1. The van der Waals surface area contributed by atoms with Crippen molar-refractivity contribution in [3.05, 3.63) is 224 Å². The topological polar surface area (TPSA) is 26.0 Å². The number of aromatic nitrogens is 3. The van der Waals surface area contributed by atoms with Crippen molar-refractivity contribution in [2.45, 2.75) is 13.8 Å². The average molecular weight is 759 g/mol. The lowest BCUT2D eigenvalue weighted by Gasteiger charge is -2.26. The second kappa shape index (κ2) is 15.3. The third-order valence-electron chi connectivity index (χ3n) is 11.2. The molecule has 0 fully saturated rings. The molecule has 0 N–H and O–H groups in total. The molecule has 59 heavy (non-hydrogen) atoms. The molecule has 282 valence electrons. The number of anilines is 3. The van der Waals surface area contributed by atoms with E-state index >= 15 is 0 Å². The van der Waals surface area contributed by atoms with E-state index in [4.69, 9.17) is 4.98 Å². The van der Waals surface area contributed by atoms with Gasteiger partial charge in [0.15, 0.2) is 0 Å². The van der Waals surface area contributed by atoms with Crippen LogP contribution in [0.1, 0.15) is 18.3 Å².